The largest absolute Gasteiger partial charge is 0.283 e. The molecule has 178 valence electrons. The summed E-state index contributed by atoms with van der Waals surface area (Å²) in [7, 11) is -4.43. The molecule has 0 aliphatic carbocycles. The standard InChI is InChI=1S/C25H16Cl2FIN2O3S/c26-17-9-5-15(6-10-17)23-24(16-7-11-18(27)12-8-16)31(22-14-13-20(29)25(32)30(22)23)35(33,34)21-4-2-1-3-19(21)28/h1-14,23-24H/t23-,24+/m1/s1. The zero-order chi connectivity index (χ0) is 24.9. The Labute approximate surface area is 224 Å². The van der Waals surface area contributed by atoms with Gasteiger partial charge in [-0.25, -0.2) is 17.1 Å². The van der Waals surface area contributed by atoms with Crippen molar-refractivity contribution in [1.82, 2.24) is 4.57 Å². The number of rotatable bonds is 4. The number of pyridine rings is 1. The number of benzene rings is 3. The SMILES string of the molecule is O=c1c(I)ccc2n1[C@H](c1ccc(Cl)cc1)[C@H](c1ccc(Cl)cc1)N2S(=O)(=O)c1ccccc1F. The molecule has 2 heterocycles. The molecule has 0 radical (unpaired) electrons. The van der Waals surface area contributed by atoms with E-state index in [4.69, 9.17) is 23.2 Å². The first-order valence-corrected chi connectivity index (χ1v) is 13.7. The monoisotopic (exact) mass is 640 g/mol. The first-order valence-electron chi connectivity index (χ1n) is 10.4. The third-order valence-electron chi connectivity index (χ3n) is 5.90. The lowest BCUT2D eigenvalue weighted by Crippen LogP contribution is -2.34. The van der Waals surface area contributed by atoms with Crippen molar-refractivity contribution in [2.24, 2.45) is 0 Å². The molecule has 5 nitrogen and oxygen atoms in total. The second-order valence-corrected chi connectivity index (χ2v) is 11.8. The number of nitrogens with zero attached hydrogens (tertiary/aromatic N) is 2. The van der Waals surface area contributed by atoms with Crippen LogP contribution >= 0.6 is 45.8 Å². The van der Waals surface area contributed by atoms with Crippen molar-refractivity contribution in [3.8, 4) is 0 Å². The van der Waals surface area contributed by atoms with Crippen molar-refractivity contribution in [2.75, 3.05) is 4.31 Å². The van der Waals surface area contributed by atoms with Crippen LogP contribution in [0.15, 0.2) is 94.6 Å². The average Bonchev–Trinajstić information content (AvgIpc) is 3.19. The van der Waals surface area contributed by atoms with Crippen molar-refractivity contribution in [3.63, 3.8) is 0 Å². The molecule has 4 aromatic rings. The molecule has 0 amide bonds. The van der Waals surface area contributed by atoms with Crippen LogP contribution in [0.5, 0.6) is 0 Å². The Morgan fingerprint density at radius 3 is 1.89 bits per heavy atom. The Morgan fingerprint density at radius 1 is 0.771 bits per heavy atom. The van der Waals surface area contributed by atoms with Crippen LogP contribution in [0.2, 0.25) is 10.0 Å². The highest BCUT2D eigenvalue weighted by molar-refractivity contribution is 14.1. The highest BCUT2D eigenvalue weighted by Gasteiger charge is 2.47. The van der Waals surface area contributed by atoms with Gasteiger partial charge in [0.1, 0.15) is 16.5 Å². The first-order chi connectivity index (χ1) is 16.7. The van der Waals surface area contributed by atoms with Gasteiger partial charge in [-0.1, -0.05) is 59.6 Å². The molecule has 0 bridgehead atoms. The quantitative estimate of drug-likeness (QED) is 0.241. The molecule has 0 saturated carbocycles. The van der Waals surface area contributed by atoms with E-state index in [0.717, 1.165) is 10.4 Å². The van der Waals surface area contributed by atoms with Crippen LogP contribution in [-0.2, 0) is 10.0 Å². The summed E-state index contributed by atoms with van der Waals surface area (Å²) in [5.74, 6) is -0.740. The van der Waals surface area contributed by atoms with Crippen molar-refractivity contribution >= 4 is 61.6 Å². The van der Waals surface area contributed by atoms with E-state index in [2.05, 4.69) is 0 Å². The smallest absolute Gasteiger partial charge is 0.269 e. The van der Waals surface area contributed by atoms with Gasteiger partial charge in [-0.15, -0.1) is 0 Å². The molecule has 3 aromatic carbocycles. The van der Waals surface area contributed by atoms with Gasteiger partial charge in [0.15, 0.2) is 0 Å². The number of hydrogen-bond acceptors (Lipinski definition) is 3. The molecule has 5 rings (SSSR count). The van der Waals surface area contributed by atoms with E-state index in [0.29, 0.717) is 24.7 Å². The van der Waals surface area contributed by atoms with E-state index in [1.807, 2.05) is 22.6 Å². The minimum atomic E-state index is -4.43. The zero-order valence-electron chi connectivity index (χ0n) is 17.8. The predicted molar refractivity (Wildman–Crippen MR) is 143 cm³/mol. The number of sulfonamides is 1. The highest BCUT2D eigenvalue weighted by atomic mass is 127. The van der Waals surface area contributed by atoms with Crippen molar-refractivity contribution in [3.05, 3.63) is 126 Å². The summed E-state index contributed by atoms with van der Waals surface area (Å²) >= 11 is 14.2. The van der Waals surface area contributed by atoms with Gasteiger partial charge >= 0.3 is 0 Å². The summed E-state index contributed by atoms with van der Waals surface area (Å²) in [5.41, 5.74) is 0.909. The van der Waals surface area contributed by atoms with Crippen LogP contribution in [0.3, 0.4) is 0 Å². The molecule has 0 fully saturated rings. The lowest BCUT2D eigenvalue weighted by Gasteiger charge is -2.29. The van der Waals surface area contributed by atoms with Crippen molar-refractivity contribution < 1.29 is 12.8 Å². The van der Waals surface area contributed by atoms with Crippen LogP contribution in [-0.4, -0.2) is 13.0 Å². The fraction of sp³-hybridized carbons (Fsp3) is 0.0800. The molecular formula is C25H16Cl2FIN2O3S. The summed E-state index contributed by atoms with van der Waals surface area (Å²) in [6.45, 7) is 0. The van der Waals surface area contributed by atoms with Crippen molar-refractivity contribution in [1.29, 1.82) is 0 Å². The number of hydrogen-bond donors (Lipinski definition) is 0. The maximum absolute atomic E-state index is 14.8. The van der Waals surface area contributed by atoms with Gasteiger partial charge in [-0.3, -0.25) is 9.36 Å². The highest BCUT2D eigenvalue weighted by Crippen LogP contribution is 2.49. The fourth-order valence-corrected chi connectivity index (χ4v) is 6.78. The predicted octanol–water partition coefficient (Wildman–Crippen LogP) is 6.44. The summed E-state index contributed by atoms with van der Waals surface area (Å²) in [5, 5.41) is 0.975. The van der Waals surface area contributed by atoms with E-state index in [9.17, 15) is 17.6 Å². The summed E-state index contributed by atoms with van der Waals surface area (Å²) in [6, 6.07) is 20.3. The number of halogens is 4. The van der Waals surface area contributed by atoms with Gasteiger partial charge in [0.05, 0.1) is 15.7 Å². The molecule has 1 aromatic heterocycles. The minimum Gasteiger partial charge on any atom is -0.283 e. The Kier molecular flexibility index (Phi) is 6.41. The molecule has 10 heteroatoms. The third kappa shape index (κ3) is 4.16. The average molecular weight is 641 g/mol. The molecule has 0 N–H and O–H groups in total. The fourth-order valence-electron chi connectivity index (χ4n) is 4.38. The topological polar surface area (TPSA) is 59.4 Å². The van der Waals surface area contributed by atoms with Crippen molar-refractivity contribution in [2.45, 2.75) is 17.0 Å². The van der Waals surface area contributed by atoms with Gasteiger partial charge in [0.2, 0.25) is 0 Å². The van der Waals surface area contributed by atoms with Gasteiger partial charge in [-0.2, -0.15) is 0 Å². The number of aromatic nitrogens is 1. The molecule has 1 aliphatic heterocycles. The van der Waals surface area contributed by atoms with Crippen LogP contribution < -0.4 is 9.86 Å². The maximum atomic E-state index is 14.8. The Balaban J connectivity index is 1.85. The van der Waals surface area contributed by atoms with Crippen LogP contribution in [0.1, 0.15) is 23.2 Å². The first kappa shape index (κ1) is 24.3. The summed E-state index contributed by atoms with van der Waals surface area (Å²) in [6.07, 6.45) is 0. The second kappa shape index (κ2) is 9.24. The maximum Gasteiger partial charge on any atom is 0.269 e. The lowest BCUT2D eigenvalue weighted by atomic mass is 9.94. The number of fused-ring (bicyclic) bond motifs is 1. The number of anilines is 1. The normalized spacial score (nSPS) is 17.4. The third-order valence-corrected chi connectivity index (χ3v) is 9.04. The molecular weight excluding hydrogens is 625 g/mol. The van der Waals surface area contributed by atoms with Crippen LogP contribution in [0, 0.1) is 9.39 Å². The van der Waals surface area contributed by atoms with Gasteiger partial charge in [-0.05, 0) is 82.2 Å². The zero-order valence-corrected chi connectivity index (χ0v) is 22.3. The second-order valence-electron chi connectivity index (χ2n) is 7.94. The van der Waals surface area contributed by atoms with Gasteiger partial charge in [0, 0.05) is 10.0 Å². The van der Waals surface area contributed by atoms with E-state index >= 15 is 0 Å². The molecule has 0 unspecified atom stereocenters. The van der Waals surface area contributed by atoms with Gasteiger partial charge in [0.25, 0.3) is 15.6 Å². The Bertz CT molecular complexity index is 1590. The Morgan fingerprint density at radius 2 is 1.31 bits per heavy atom. The van der Waals surface area contributed by atoms with E-state index in [1.54, 1.807) is 60.7 Å². The molecule has 35 heavy (non-hydrogen) atoms. The van der Waals surface area contributed by atoms with E-state index in [1.165, 1.54) is 22.8 Å². The molecule has 1 aliphatic rings. The van der Waals surface area contributed by atoms with E-state index in [-0.39, 0.29) is 11.4 Å². The lowest BCUT2D eigenvalue weighted by molar-refractivity contribution is 0.524. The molecule has 0 saturated heterocycles. The van der Waals surface area contributed by atoms with Crippen LogP contribution in [0.4, 0.5) is 10.2 Å². The molecule has 0 spiro atoms. The van der Waals surface area contributed by atoms with Crippen LogP contribution in [0.25, 0.3) is 0 Å². The molecule has 2 atom stereocenters. The summed E-state index contributed by atoms with van der Waals surface area (Å²) < 4.78 is 45.8. The minimum absolute atomic E-state index is 0.138. The summed E-state index contributed by atoms with van der Waals surface area (Å²) in [4.78, 5) is 13.0. The van der Waals surface area contributed by atoms with Gasteiger partial charge < -0.3 is 0 Å². The van der Waals surface area contributed by atoms with E-state index < -0.39 is 32.8 Å². The Hall–Kier alpha value is -2.40.